The molecule has 0 saturated heterocycles. The molecule has 3 N–H and O–H groups in total. The molecule has 0 amide bonds. The topological polar surface area (TPSA) is 104 Å². The second-order valence-electron chi connectivity index (χ2n) is 6.68. The molecule has 0 spiro atoms. The van der Waals surface area contributed by atoms with Gasteiger partial charge in [0.25, 0.3) is 0 Å². The lowest BCUT2D eigenvalue weighted by molar-refractivity contribution is -0.139. The van der Waals surface area contributed by atoms with Crippen LogP contribution in [0.4, 0.5) is 0 Å². The Morgan fingerprint density at radius 2 is 1.81 bits per heavy atom. The summed E-state index contributed by atoms with van der Waals surface area (Å²) in [6.07, 6.45) is 1.37. The van der Waals surface area contributed by atoms with Crippen molar-refractivity contribution in [3.05, 3.63) is 64.2 Å². The first-order chi connectivity index (χ1) is 12.8. The maximum absolute atomic E-state index is 12.4. The average molecular weight is 410 g/mol. The quantitative estimate of drug-likeness (QED) is 0.650. The lowest BCUT2D eigenvalue weighted by Crippen LogP contribution is -2.29. The summed E-state index contributed by atoms with van der Waals surface area (Å²) in [6, 6.07) is 11.4. The molecule has 2 unspecified atom stereocenters. The monoisotopic (exact) mass is 409 g/mol. The maximum Gasteiger partial charge on any atom is 0.313 e. The highest BCUT2D eigenvalue weighted by Crippen LogP contribution is 2.30. The lowest BCUT2D eigenvalue weighted by Gasteiger charge is -2.11. The molecular weight excluding hydrogens is 390 g/mol. The fraction of sp³-hybridized carbons (Fsp3) is 0.316. The van der Waals surface area contributed by atoms with Gasteiger partial charge in [0.05, 0.1) is 11.5 Å². The Balaban J connectivity index is 1.66. The Kier molecular flexibility index (Phi) is 5.86. The Morgan fingerprint density at radius 3 is 2.44 bits per heavy atom. The number of aliphatic hydroxyl groups is 1. The van der Waals surface area contributed by atoms with E-state index in [4.69, 9.17) is 11.6 Å². The number of aliphatic carboxylic acids is 1. The van der Waals surface area contributed by atoms with Crippen molar-refractivity contribution in [2.45, 2.75) is 23.7 Å². The van der Waals surface area contributed by atoms with Crippen LogP contribution in [0, 0.1) is 5.92 Å². The largest absolute Gasteiger partial charge is 0.481 e. The summed E-state index contributed by atoms with van der Waals surface area (Å²) in [7, 11) is -3.61. The van der Waals surface area contributed by atoms with Crippen LogP contribution in [-0.2, 0) is 27.7 Å². The Morgan fingerprint density at radius 1 is 1.15 bits per heavy atom. The van der Waals surface area contributed by atoms with Gasteiger partial charge >= 0.3 is 5.97 Å². The van der Waals surface area contributed by atoms with Crippen LogP contribution in [-0.4, -0.2) is 37.8 Å². The molecule has 3 rings (SSSR count). The van der Waals surface area contributed by atoms with Crippen LogP contribution in [0.1, 0.15) is 22.6 Å². The standard InChI is InChI=1S/C19H20ClNO5S/c20-16-3-5-17(6-4-16)27(25,26)21-10-12-7-13-1-2-14(9-15(13)8-12)18(11-22)19(23)24/h1-6,9,12,18,21-22H,7-8,10-11H2,(H,23,24). The number of carboxylic acids is 1. The lowest BCUT2D eigenvalue weighted by atomic mass is 9.96. The van der Waals surface area contributed by atoms with Crippen LogP contribution in [0.5, 0.6) is 0 Å². The molecule has 0 aromatic heterocycles. The number of carboxylic acid groups (broad SMARTS) is 1. The first kappa shape index (κ1) is 19.8. The number of nitrogens with one attached hydrogen (secondary N) is 1. The van der Waals surface area contributed by atoms with Crippen LogP contribution < -0.4 is 4.72 Å². The highest BCUT2D eigenvalue weighted by Gasteiger charge is 2.26. The highest BCUT2D eigenvalue weighted by atomic mass is 35.5. The predicted octanol–water partition coefficient (Wildman–Crippen LogP) is 2.19. The molecule has 0 fully saturated rings. The summed E-state index contributed by atoms with van der Waals surface area (Å²) in [6.45, 7) is -0.171. The SMILES string of the molecule is O=C(O)C(CO)c1ccc2c(c1)CC(CNS(=O)(=O)c1ccc(Cl)cc1)C2. The molecule has 2 aromatic carbocycles. The third-order valence-corrected chi connectivity index (χ3v) is 6.51. The molecule has 0 radical (unpaired) electrons. The van der Waals surface area contributed by atoms with Crippen molar-refractivity contribution in [3.63, 3.8) is 0 Å². The number of carbonyl (C=O) groups is 1. The van der Waals surface area contributed by atoms with E-state index in [1.54, 1.807) is 12.1 Å². The summed E-state index contributed by atoms with van der Waals surface area (Å²) < 4.78 is 27.4. The van der Waals surface area contributed by atoms with Crippen LogP contribution in [0.3, 0.4) is 0 Å². The van der Waals surface area contributed by atoms with Gasteiger partial charge in [-0.15, -0.1) is 0 Å². The Bertz CT molecular complexity index is 943. The van der Waals surface area contributed by atoms with E-state index in [1.165, 1.54) is 24.3 Å². The second-order valence-corrected chi connectivity index (χ2v) is 8.89. The molecule has 1 aliphatic carbocycles. The zero-order valence-electron chi connectivity index (χ0n) is 14.4. The van der Waals surface area contributed by atoms with Gasteiger partial charge in [0.1, 0.15) is 5.92 Å². The Hall–Kier alpha value is -1.93. The van der Waals surface area contributed by atoms with Crippen molar-refractivity contribution in [1.82, 2.24) is 4.72 Å². The number of aliphatic hydroxyl groups excluding tert-OH is 1. The number of fused-ring (bicyclic) bond motifs is 1. The zero-order valence-corrected chi connectivity index (χ0v) is 16.0. The van der Waals surface area contributed by atoms with Gasteiger partial charge in [-0.05, 0) is 59.7 Å². The van der Waals surface area contributed by atoms with Crippen molar-refractivity contribution in [3.8, 4) is 0 Å². The summed E-state index contributed by atoms with van der Waals surface area (Å²) in [5, 5.41) is 18.9. The summed E-state index contributed by atoms with van der Waals surface area (Å²) >= 11 is 5.79. The smallest absolute Gasteiger partial charge is 0.313 e. The van der Waals surface area contributed by atoms with Gasteiger partial charge in [-0.3, -0.25) is 4.79 Å². The van der Waals surface area contributed by atoms with Crippen LogP contribution in [0.15, 0.2) is 47.4 Å². The van der Waals surface area contributed by atoms with Gasteiger partial charge < -0.3 is 10.2 Å². The highest BCUT2D eigenvalue weighted by molar-refractivity contribution is 7.89. The van der Waals surface area contributed by atoms with Gasteiger partial charge in [-0.2, -0.15) is 0 Å². The van der Waals surface area contributed by atoms with Crippen LogP contribution >= 0.6 is 11.6 Å². The maximum atomic E-state index is 12.4. The van der Waals surface area contributed by atoms with E-state index in [9.17, 15) is 23.4 Å². The number of sulfonamides is 1. The van der Waals surface area contributed by atoms with Crippen molar-refractivity contribution >= 4 is 27.6 Å². The average Bonchev–Trinajstić information content (AvgIpc) is 3.03. The number of benzene rings is 2. The fourth-order valence-corrected chi connectivity index (χ4v) is 4.58. The number of rotatable bonds is 7. The molecule has 6 nitrogen and oxygen atoms in total. The summed E-state index contributed by atoms with van der Waals surface area (Å²) in [4.78, 5) is 11.4. The minimum atomic E-state index is -3.61. The molecule has 0 aliphatic heterocycles. The molecule has 0 bridgehead atoms. The van der Waals surface area contributed by atoms with E-state index in [-0.39, 0.29) is 17.4 Å². The van der Waals surface area contributed by atoms with E-state index < -0.39 is 28.5 Å². The normalized spacial score (nSPS) is 17.5. The van der Waals surface area contributed by atoms with Gasteiger partial charge in [0.15, 0.2) is 0 Å². The zero-order chi connectivity index (χ0) is 19.6. The number of hydrogen-bond acceptors (Lipinski definition) is 4. The van der Waals surface area contributed by atoms with Crippen molar-refractivity contribution in [2.75, 3.05) is 13.2 Å². The minimum absolute atomic E-state index is 0.0923. The molecule has 8 heteroatoms. The third-order valence-electron chi connectivity index (χ3n) is 4.82. The molecule has 0 saturated carbocycles. The second kappa shape index (κ2) is 7.98. The van der Waals surface area contributed by atoms with Crippen molar-refractivity contribution in [2.24, 2.45) is 5.92 Å². The molecule has 2 atom stereocenters. The van der Waals surface area contributed by atoms with Crippen LogP contribution in [0.2, 0.25) is 5.02 Å². The van der Waals surface area contributed by atoms with E-state index >= 15 is 0 Å². The molecule has 1 aliphatic rings. The van der Waals surface area contributed by atoms with Gasteiger partial charge in [0.2, 0.25) is 10.0 Å². The summed E-state index contributed by atoms with van der Waals surface area (Å²) in [5.74, 6) is -1.92. The first-order valence-corrected chi connectivity index (χ1v) is 10.4. The molecule has 2 aromatic rings. The third kappa shape index (κ3) is 4.50. The first-order valence-electron chi connectivity index (χ1n) is 8.50. The van der Waals surface area contributed by atoms with E-state index in [1.807, 2.05) is 6.07 Å². The summed E-state index contributed by atoms with van der Waals surface area (Å²) in [5.41, 5.74) is 2.64. The van der Waals surface area contributed by atoms with Gasteiger partial charge in [-0.25, -0.2) is 13.1 Å². The number of hydrogen-bond donors (Lipinski definition) is 3. The predicted molar refractivity (Wildman–Crippen MR) is 101 cm³/mol. The molecule has 27 heavy (non-hydrogen) atoms. The van der Waals surface area contributed by atoms with E-state index in [0.717, 1.165) is 17.5 Å². The van der Waals surface area contributed by atoms with Crippen LogP contribution in [0.25, 0.3) is 0 Å². The minimum Gasteiger partial charge on any atom is -0.481 e. The van der Waals surface area contributed by atoms with Crippen molar-refractivity contribution in [1.29, 1.82) is 0 Å². The Labute approximate surface area is 162 Å². The van der Waals surface area contributed by atoms with Gasteiger partial charge in [-0.1, -0.05) is 29.8 Å². The van der Waals surface area contributed by atoms with Gasteiger partial charge in [0, 0.05) is 11.6 Å². The van der Waals surface area contributed by atoms with Crippen molar-refractivity contribution < 1.29 is 23.4 Å². The molecular formula is C19H20ClNO5S. The number of halogens is 1. The van der Waals surface area contributed by atoms with E-state index in [0.29, 0.717) is 17.0 Å². The van der Waals surface area contributed by atoms with E-state index in [2.05, 4.69) is 4.72 Å². The molecule has 144 valence electrons. The molecule has 0 heterocycles. The fourth-order valence-electron chi connectivity index (χ4n) is 3.34.